The quantitative estimate of drug-likeness (QED) is 0.835. The van der Waals surface area contributed by atoms with Crippen LogP contribution in [0.1, 0.15) is 37.7 Å². The van der Waals surface area contributed by atoms with Gasteiger partial charge in [-0.15, -0.1) is 0 Å². The Hall–Kier alpha value is -1.16. The van der Waals surface area contributed by atoms with E-state index < -0.39 is 0 Å². The van der Waals surface area contributed by atoms with Crippen LogP contribution in [0.25, 0.3) is 0 Å². The molecule has 4 nitrogen and oxygen atoms in total. The van der Waals surface area contributed by atoms with Crippen LogP contribution in [-0.4, -0.2) is 22.6 Å². The zero-order valence-corrected chi connectivity index (χ0v) is 10.7. The van der Waals surface area contributed by atoms with Crippen LogP contribution in [0.4, 0.5) is 5.82 Å². The first-order valence-corrected chi connectivity index (χ1v) is 6.54. The van der Waals surface area contributed by atoms with Crippen molar-refractivity contribution in [3.63, 3.8) is 0 Å². The van der Waals surface area contributed by atoms with E-state index in [1.54, 1.807) is 0 Å². The number of anilines is 1. The van der Waals surface area contributed by atoms with Gasteiger partial charge in [-0.1, -0.05) is 13.3 Å². The molecule has 2 unspecified atom stereocenters. The SMILES string of the molecule is CCc1cc(NC2CCCC2CN)nc(C)n1. The van der Waals surface area contributed by atoms with Gasteiger partial charge < -0.3 is 11.1 Å². The molecule has 2 atom stereocenters. The lowest BCUT2D eigenvalue weighted by Gasteiger charge is -2.20. The molecule has 1 saturated carbocycles. The first-order chi connectivity index (χ1) is 8.22. The monoisotopic (exact) mass is 234 g/mol. The van der Waals surface area contributed by atoms with E-state index >= 15 is 0 Å². The second kappa shape index (κ2) is 5.45. The molecule has 0 radical (unpaired) electrons. The molecule has 0 saturated heterocycles. The van der Waals surface area contributed by atoms with Gasteiger partial charge in [0.15, 0.2) is 0 Å². The first kappa shape index (κ1) is 12.3. The van der Waals surface area contributed by atoms with Crippen molar-refractivity contribution in [1.82, 2.24) is 9.97 Å². The standard InChI is InChI=1S/C13H22N4/c1-3-11-7-13(16-9(2)15-11)17-12-6-4-5-10(12)8-14/h7,10,12H,3-6,8,14H2,1-2H3,(H,15,16,17). The highest BCUT2D eigenvalue weighted by molar-refractivity contribution is 5.37. The molecule has 1 aliphatic carbocycles. The number of hydrogen-bond donors (Lipinski definition) is 2. The predicted molar refractivity (Wildman–Crippen MR) is 70.0 cm³/mol. The van der Waals surface area contributed by atoms with Gasteiger partial charge in [0.2, 0.25) is 0 Å². The summed E-state index contributed by atoms with van der Waals surface area (Å²) in [6.07, 6.45) is 4.65. The van der Waals surface area contributed by atoms with E-state index in [-0.39, 0.29) is 0 Å². The summed E-state index contributed by atoms with van der Waals surface area (Å²) in [6, 6.07) is 2.54. The average Bonchev–Trinajstić information content (AvgIpc) is 2.75. The maximum Gasteiger partial charge on any atom is 0.130 e. The Bertz CT molecular complexity index is 378. The van der Waals surface area contributed by atoms with Gasteiger partial charge in [-0.05, 0) is 38.6 Å². The van der Waals surface area contributed by atoms with Gasteiger partial charge in [0, 0.05) is 17.8 Å². The van der Waals surface area contributed by atoms with Crippen LogP contribution in [0.15, 0.2) is 6.07 Å². The van der Waals surface area contributed by atoms with Crippen LogP contribution in [0.3, 0.4) is 0 Å². The fourth-order valence-electron chi connectivity index (χ4n) is 2.58. The van der Waals surface area contributed by atoms with E-state index in [4.69, 9.17) is 5.73 Å². The average molecular weight is 234 g/mol. The van der Waals surface area contributed by atoms with Crippen LogP contribution in [0.5, 0.6) is 0 Å². The zero-order valence-electron chi connectivity index (χ0n) is 10.7. The molecule has 1 heterocycles. The van der Waals surface area contributed by atoms with Crippen LogP contribution >= 0.6 is 0 Å². The number of rotatable bonds is 4. The first-order valence-electron chi connectivity index (χ1n) is 6.54. The molecule has 94 valence electrons. The summed E-state index contributed by atoms with van der Waals surface area (Å²) in [5.41, 5.74) is 6.89. The Morgan fingerprint density at radius 3 is 2.94 bits per heavy atom. The Labute approximate surface area is 103 Å². The molecular formula is C13H22N4. The van der Waals surface area contributed by atoms with Gasteiger partial charge in [-0.25, -0.2) is 9.97 Å². The molecule has 0 spiro atoms. The van der Waals surface area contributed by atoms with Gasteiger partial charge in [-0.2, -0.15) is 0 Å². The Morgan fingerprint density at radius 2 is 2.24 bits per heavy atom. The van der Waals surface area contributed by atoms with Crippen molar-refractivity contribution < 1.29 is 0 Å². The molecule has 1 aliphatic rings. The summed E-state index contributed by atoms with van der Waals surface area (Å²) in [5.74, 6) is 2.39. The minimum atomic E-state index is 0.485. The molecule has 0 aromatic carbocycles. The van der Waals surface area contributed by atoms with Crippen molar-refractivity contribution >= 4 is 5.82 Å². The largest absolute Gasteiger partial charge is 0.367 e. The Kier molecular flexibility index (Phi) is 3.94. The maximum atomic E-state index is 5.79. The van der Waals surface area contributed by atoms with Crippen LogP contribution in [0, 0.1) is 12.8 Å². The molecule has 0 bridgehead atoms. The smallest absolute Gasteiger partial charge is 0.130 e. The van der Waals surface area contributed by atoms with Crippen LogP contribution in [0.2, 0.25) is 0 Å². The Morgan fingerprint density at radius 1 is 1.41 bits per heavy atom. The molecule has 1 aromatic heterocycles. The van der Waals surface area contributed by atoms with E-state index in [1.165, 1.54) is 19.3 Å². The molecule has 3 N–H and O–H groups in total. The summed E-state index contributed by atoms with van der Waals surface area (Å²) >= 11 is 0. The molecule has 0 amide bonds. The van der Waals surface area contributed by atoms with Crippen molar-refractivity contribution in [3.8, 4) is 0 Å². The van der Waals surface area contributed by atoms with Crippen molar-refractivity contribution in [2.75, 3.05) is 11.9 Å². The zero-order chi connectivity index (χ0) is 12.3. The minimum absolute atomic E-state index is 0.485. The maximum absolute atomic E-state index is 5.79. The molecule has 17 heavy (non-hydrogen) atoms. The van der Waals surface area contributed by atoms with Gasteiger partial charge in [0.25, 0.3) is 0 Å². The van der Waals surface area contributed by atoms with Crippen molar-refractivity contribution in [1.29, 1.82) is 0 Å². The van der Waals surface area contributed by atoms with E-state index in [0.717, 1.165) is 30.3 Å². The summed E-state index contributed by atoms with van der Waals surface area (Å²) in [4.78, 5) is 8.84. The van der Waals surface area contributed by atoms with Gasteiger partial charge >= 0.3 is 0 Å². The van der Waals surface area contributed by atoms with Gasteiger partial charge in [0.05, 0.1) is 0 Å². The topological polar surface area (TPSA) is 63.8 Å². The predicted octanol–water partition coefficient (Wildman–Crippen LogP) is 1.89. The third kappa shape index (κ3) is 2.94. The third-order valence-corrected chi connectivity index (χ3v) is 3.55. The number of aromatic nitrogens is 2. The second-order valence-electron chi connectivity index (χ2n) is 4.82. The van der Waals surface area contributed by atoms with Crippen molar-refractivity contribution in [3.05, 3.63) is 17.6 Å². The van der Waals surface area contributed by atoms with Crippen LogP contribution in [-0.2, 0) is 6.42 Å². The van der Waals surface area contributed by atoms with Crippen molar-refractivity contribution in [2.45, 2.75) is 45.6 Å². The molecular weight excluding hydrogens is 212 g/mol. The summed E-state index contributed by atoms with van der Waals surface area (Å²) in [5, 5.41) is 3.53. The fourth-order valence-corrected chi connectivity index (χ4v) is 2.58. The lowest BCUT2D eigenvalue weighted by atomic mass is 10.0. The highest BCUT2D eigenvalue weighted by Gasteiger charge is 2.26. The molecule has 2 rings (SSSR count). The number of nitrogens with one attached hydrogen (secondary N) is 1. The van der Waals surface area contributed by atoms with Crippen molar-refractivity contribution in [2.24, 2.45) is 11.7 Å². The highest BCUT2D eigenvalue weighted by Crippen LogP contribution is 2.27. The number of nitrogens with two attached hydrogens (primary N) is 1. The molecule has 1 fully saturated rings. The highest BCUT2D eigenvalue weighted by atomic mass is 15.1. The summed E-state index contributed by atoms with van der Waals surface area (Å²) in [6.45, 7) is 4.82. The van der Waals surface area contributed by atoms with E-state index in [0.29, 0.717) is 12.0 Å². The second-order valence-corrected chi connectivity index (χ2v) is 4.82. The molecule has 1 aromatic rings. The van der Waals surface area contributed by atoms with Gasteiger partial charge in [0.1, 0.15) is 11.6 Å². The van der Waals surface area contributed by atoms with E-state index in [9.17, 15) is 0 Å². The Balaban J connectivity index is 2.09. The minimum Gasteiger partial charge on any atom is -0.367 e. The van der Waals surface area contributed by atoms with E-state index in [1.807, 2.05) is 6.92 Å². The lowest BCUT2D eigenvalue weighted by molar-refractivity contribution is 0.515. The normalized spacial score (nSPS) is 23.9. The number of hydrogen-bond acceptors (Lipinski definition) is 4. The number of nitrogens with zero attached hydrogens (tertiary/aromatic N) is 2. The lowest BCUT2D eigenvalue weighted by Crippen LogP contribution is -2.30. The third-order valence-electron chi connectivity index (χ3n) is 3.55. The molecule has 4 heteroatoms. The number of aryl methyl sites for hydroxylation is 2. The summed E-state index contributed by atoms with van der Waals surface area (Å²) < 4.78 is 0. The van der Waals surface area contributed by atoms with E-state index in [2.05, 4.69) is 28.3 Å². The fraction of sp³-hybridized carbons (Fsp3) is 0.692. The van der Waals surface area contributed by atoms with Gasteiger partial charge in [-0.3, -0.25) is 0 Å². The summed E-state index contributed by atoms with van der Waals surface area (Å²) in [7, 11) is 0. The van der Waals surface area contributed by atoms with Crippen LogP contribution < -0.4 is 11.1 Å². The molecule has 0 aliphatic heterocycles.